The molecule has 0 saturated carbocycles. The molecule has 1 aromatic heterocycles. The molecule has 2 saturated heterocycles. The number of carbonyl (C=O) groups is 1. The Morgan fingerprint density at radius 2 is 1.88 bits per heavy atom. The first-order valence-electron chi connectivity index (χ1n) is 11.6. The van der Waals surface area contributed by atoms with E-state index in [1.807, 2.05) is 0 Å². The highest BCUT2D eigenvalue weighted by atomic mass is 32.2. The van der Waals surface area contributed by atoms with Crippen LogP contribution < -0.4 is 5.32 Å². The molecule has 1 N–H and O–H groups in total. The minimum atomic E-state index is -3.65. The lowest BCUT2D eigenvalue weighted by Crippen LogP contribution is -2.43. The molecule has 10 heteroatoms. The van der Waals surface area contributed by atoms with Crippen molar-refractivity contribution in [3.63, 3.8) is 0 Å². The zero-order chi connectivity index (χ0) is 22.7. The Labute approximate surface area is 194 Å². The standard InChI is InChI=1S/C22H33N5O3S2/c1-16-13-17(2)15-26(14-16)10-4-9-23-22(28)18-7-11-27(12-8-18)32(29,30)20-6-3-5-19-21(20)25-31-24-19/h3,5-6,16-18H,4,7-15H2,1-2H3,(H,23,28)/t16-,17-/m1/s1. The quantitative estimate of drug-likeness (QED) is 0.614. The SMILES string of the molecule is C[C@@H]1C[C@@H](C)CN(CCCNC(=O)C2CCN(S(=O)(=O)c3cccc4nsnc34)CC2)C1. The van der Waals surface area contributed by atoms with Gasteiger partial charge in [0.05, 0.1) is 11.7 Å². The molecule has 0 aliphatic carbocycles. The van der Waals surface area contributed by atoms with Gasteiger partial charge in [0.1, 0.15) is 15.9 Å². The highest BCUT2D eigenvalue weighted by molar-refractivity contribution is 7.89. The summed E-state index contributed by atoms with van der Waals surface area (Å²) in [5.74, 6) is 1.41. The van der Waals surface area contributed by atoms with Crippen molar-refractivity contribution in [3.05, 3.63) is 18.2 Å². The minimum Gasteiger partial charge on any atom is -0.356 e. The van der Waals surface area contributed by atoms with Gasteiger partial charge in [0, 0.05) is 38.6 Å². The second-order valence-electron chi connectivity index (χ2n) is 9.42. The van der Waals surface area contributed by atoms with Crippen LogP contribution >= 0.6 is 11.7 Å². The smallest absolute Gasteiger partial charge is 0.245 e. The average molecular weight is 480 g/mol. The first-order chi connectivity index (χ1) is 15.3. The first-order valence-corrected chi connectivity index (χ1v) is 13.7. The molecule has 4 rings (SSSR count). The van der Waals surface area contributed by atoms with Crippen LogP contribution in [0.4, 0.5) is 0 Å². The Balaban J connectivity index is 1.24. The lowest BCUT2D eigenvalue weighted by Gasteiger charge is -2.35. The second-order valence-corrected chi connectivity index (χ2v) is 11.9. The molecule has 0 spiro atoms. The van der Waals surface area contributed by atoms with Crippen molar-refractivity contribution < 1.29 is 13.2 Å². The molecule has 3 heterocycles. The van der Waals surface area contributed by atoms with Gasteiger partial charge < -0.3 is 10.2 Å². The summed E-state index contributed by atoms with van der Waals surface area (Å²) in [7, 11) is -3.65. The van der Waals surface area contributed by atoms with Crippen molar-refractivity contribution in [2.24, 2.45) is 17.8 Å². The predicted molar refractivity (Wildman–Crippen MR) is 126 cm³/mol. The molecule has 1 aromatic carbocycles. The molecule has 2 aliphatic heterocycles. The van der Waals surface area contributed by atoms with Crippen LogP contribution in [0, 0.1) is 17.8 Å². The van der Waals surface area contributed by atoms with E-state index in [1.54, 1.807) is 18.2 Å². The fourth-order valence-corrected chi connectivity index (χ4v) is 7.34. The zero-order valence-corrected chi connectivity index (χ0v) is 20.5. The number of aromatic nitrogens is 2. The number of carbonyl (C=O) groups excluding carboxylic acids is 1. The van der Waals surface area contributed by atoms with E-state index in [-0.39, 0.29) is 16.7 Å². The van der Waals surface area contributed by atoms with Crippen molar-refractivity contribution in [1.29, 1.82) is 0 Å². The van der Waals surface area contributed by atoms with Crippen molar-refractivity contribution in [2.75, 3.05) is 39.3 Å². The van der Waals surface area contributed by atoms with Crippen molar-refractivity contribution in [1.82, 2.24) is 23.3 Å². The topological polar surface area (TPSA) is 95.5 Å². The molecule has 1 amide bonds. The van der Waals surface area contributed by atoms with Crippen molar-refractivity contribution in [3.8, 4) is 0 Å². The largest absolute Gasteiger partial charge is 0.356 e. The maximum absolute atomic E-state index is 13.1. The molecule has 2 fully saturated rings. The summed E-state index contributed by atoms with van der Waals surface area (Å²) in [4.78, 5) is 15.3. The molecule has 0 bridgehead atoms. The summed E-state index contributed by atoms with van der Waals surface area (Å²) in [5.41, 5.74) is 1.02. The van der Waals surface area contributed by atoms with Crippen LogP contribution in [0.1, 0.15) is 39.5 Å². The highest BCUT2D eigenvalue weighted by Crippen LogP contribution is 2.28. The molecular weight excluding hydrogens is 446 g/mol. The Morgan fingerprint density at radius 1 is 1.16 bits per heavy atom. The van der Waals surface area contributed by atoms with E-state index < -0.39 is 10.0 Å². The number of nitrogens with zero attached hydrogens (tertiary/aromatic N) is 4. The number of fused-ring (bicyclic) bond motifs is 1. The summed E-state index contributed by atoms with van der Waals surface area (Å²) >= 11 is 1.01. The van der Waals surface area contributed by atoms with Gasteiger partial charge in [-0.25, -0.2) is 8.42 Å². The minimum absolute atomic E-state index is 0.0493. The van der Waals surface area contributed by atoms with Crippen LogP contribution in [0.25, 0.3) is 11.0 Å². The third-order valence-corrected chi connectivity index (χ3v) is 9.06. The van der Waals surface area contributed by atoms with Crippen LogP contribution in [0.3, 0.4) is 0 Å². The number of benzene rings is 1. The Kier molecular flexibility index (Phi) is 7.44. The van der Waals surface area contributed by atoms with Gasteiger partial charge in [-0.3, -0.25) is 4.79 Å². The molecule has 32 heavy (non-hydrogen) atoms. The molecule has 2 aromatic rings. The maximum Gasteiger partial charge on any atom is 0.245 e. The zero-order valence-electron chi connectivity index (χ0n) is 18.9. The Morgan fingerprint density at radius 3 is 2.59 bits per heavy atom. The lowest BCUT2D eigenvalue weighted by atomic mass is 9.92. The molecule has 8 nitrogen and oxygen atoms in total. The van der Waals surface area contributed by atoms with Crippen LogP contribution in [0.15, 0.2) is 23.1 Å². The van der Waals surface area contributed by atoms with E-state index in [2.05, 4.69) is 32.8 Å². The van der Waals surface area contributed by atoms with Crippen LogP contribution in [-0.4, -0.2) is 71.5 Å². The van der Waals surface area contributed by atoms with Gasteiger partial charge in [-0.05, 0) is 56.2 Å². The number of rotatable bonds is 7. The fourth-order valence-electron chi connectivity index (χ4n) is 5.12. The Bertz CT molecular complexity index is 1020. The molecule has 0 unspecified atom stereocenters. The summed E-state index contributed by atoms with van der Waals surface area (Å²) < 4.78 is 36.1. The summed E-state index contributed by atoms with van der Waals surface area (Å²) in [6.07, 6.45) is 3.33. The van der Waals surface area contributed by atoms with Gasteiger partial charge in [-0.2, -0.15) is 13.1 Å². The normalized spacial score (nSPS) is 24.1. The number of sulfonamides is 1. The third kappa shape index (κ3) is 5.30. The van der Waals surface area contributed by atoms with Gasteiger partial charge in [-0.1, -0.05) is 19.9 Å². The van der Waals surface area contributed by atoms with E-state index >= 15 is 0 Å². The predicted octanol–water partition coefficient (Wildman–Crippen LogP) is 2.58. The van der Waals surface area contributed by atoms with Gasteiger partial charge in [-0.15, -0.1) is 0 Å². The fraction of sp³-hybridized carbons (Fsp3) is 0.682. The number of nitrogens with one attached hydrogen (secondary N) is 1. The van der Waals surface area contributed by atoms with E-state index in [4.69, 9.17) is 0 Å². The van der Waals surface area contributed by atoms with E-state index in [1.165, 1.54) is 10.7 Å². The van der Waals surface area contributed by atoms with Crippen LogP contribution in [0.2, 0.25) is 0 Å². The van der Waals surface area contributed by atoms with Crippen molar-refractivity contribution >= 4 is 38.7 Å². The van der Waals surface area contributed by atoms with Crippen LogP contribution in [0.5, 0.6) is 0 Å². The van der Waals surface area contributed by atoms with Crippen LogP contribution in [-0.2, 0) is 14.8 Å². The second kappa shape index (κ2) is 10.1. The van der Waals surface area contributed by atoms with E-state index in [0.29, 0.717) is 43.5 Å². The third-order valence-electron chi connectivity index (χ3n) is 6.59. The van der Waals surface area contributed by atoms with Gasteiger partial charge >= 0.3 is 0 Å². The van der Waals surface area contributed by atoms with Gasteiger partial charge in [0.15, 0.2) is 0 Å². The summed E-state index contributed by atoms with van der Waals surface area (Å²) in [5, 5.41) is 3.07. The lowest BCUT2D eigenvalue weighted by molar-refractivity contribution is -0.126. The molecule has 2 aliphatic rings. The molecule has 0 radical (unpaired) electrons. The van der Waals surface area contributed by atoms with E-state index in [9.17, 15) is 13.2 Å². The molecule has 2 atom stereocenters. The monoisotopic (exact) mass is 479 g/mol. The van der Waals surface area contributed by atoms with Gasteiger partial charge in [0.2, 0.25) is 15.9 Å². The summed E-state index contributed by atoms with van der Waals surface area (Å²) in [6.45, 7) is 9.30. The van der Waals surface area contributed by atoms with E-state index in [0.717, 1.165) is 49.6 Å². The van der Waals surface area contributed by atoms with Crippen molar-refractivity contribution in [2.45, 2.75) is 44.4 Å². The molecular formula is C22H33N5O3S2. The number of hydrogen-bond acceptors (Lipinski definition) is 7. The summed E-state index contributed by atoms with van der Waals surface area (Å²) in [6, 6.07) is 5.05. The molecule has 176 valence electrons. The average Bonchev–Trinajstić information content (AvgIpc) is 3.25. The highest BCUT2D eigenvalue weighted by Gasteiger charge is 2.33. The number of likely N-dealkylation sites (tertiary alicyclic amines) is 1. The number of hydrogen-bond donors (Lipinski definition) is 1. The first kappa shape index (κ1) is 23.5. The maximum atomic E-state index is 13.1. The van der Waals surface area contributed by atoms with Gasteiger partial charge in [0.25, 0.3) is 0 Å². The Hall–Kier alpha value is -1.62. The number of piperidine rings is 2. The number of amides is 1.